The van der Waals surface area contributed by atoms with Gasteiger partial charge in [-0.1, -0.05) is 35.6 Å². The highest BCUT2D eigenvalue weighted by Crippen LogP contribution is 2.25. The molecule has 7 heteroatoms. The normalized spacial score (nSPS) is 11.0. The summed E-state index contributed by atoms with van der Waals surface area (Å²) in [4.78, 5) is 20.7. The molecule has 0 aliphatic heterocycles. The first-order chi connectivity index (χ1) is 12.3. The first kappa shape index (κ1) is 15.6. The van der Waals surface area contributed by atoms with E-state index in [9.17, 15) is 4.79 Å². The van der Waals surface area contributed by atoms with Crippen LogP contribution < -0.4 is 10.6 Å². The second-order valence-electron chi connectivity index (χ2n) is 5.65. The first-order valence-electron chi connectivity index (χ1n) is 8.10. The van der Waals surface area contributed by atoms with Crippen LogP contribution in [0.5, 0.6) is 0 Å². The average Bonchev–Trinajstić information content (AvgIpc) is 3.22. The number of anilines is 1. The lowest BCUT2D eigenvalue weighted by molar-refractivity contribution is 0.252. The van der Waals surface area contributed by atoms with Gasteiger partial charge in [0.05, 0.1) is 27.6 Å². The number of urea groups is 1. The Morgan fingerprint density at radius 2 is 1.88 bits per heavy atom. The number of nitrogens with one attached hydrogen (secondary N) is 2. The van der Waals surface area contributed by atoms with Crippen LogP contribution in [0.2, 0.25) is 0 Å². The molecule has 0 unspecified atom stereocenters. The molecule has 0 saturated carbocycles. The fourth-order valence-corrected chi connectivity index (χ4v) is 3.57. The number of hydrogen-bond donors (Lipinski definition) is 2. The number of carbonyl (C=O) groups excluding carboxylic acids is 1. The summed E-state index contributed by atoms with van der Waals surface area (Å²) in [6.45, 7) is 1.39. The van der Waals surface area contributed by atoms with Gasteiger partial charge in [0.25, 0.3) is 0 Å². The van der Waals surface area contributed by atoms with E-state index >= 15 is 0 Å². The molecule has 0 atom stereocenters. The van der Waals surface area contributed by atoms with Crippen molar-refractivity contribution in [3.8, 4) is 0 Å². The zero-order valence-electron chi connectivity index (χ0n) is 13.5. The summed E-state index contributed by atoms with van der Waals surface area (Å²) in [6, 6.07) is 15.6. The Morgan fingerprint density at radius 3 is 2.76 bits per heavy atom. The van der Waals surface area contributed by atoms with Crippen LogP contribution in [0, 0.1) is 0 Å². The molecular weight excluding hydrogens is 334 g/mol. The lowest BCUT2D eigenvalue weighted by Gasteiger charge is -2.06. The summed E-state index contributed by atoms with van der Waals surface area (Å²) in [5.41, 5.74) is 3.00. The quantitative estimate of drug-likeness (QED) is 0.536. The maximum absolute atomic E-state index is 12.0. The standard InChI is InChI=1S/C18H17N5OS/c24-17(22-18-21-14-7-2-4-9-16(14)25-18)19-10-5-11-23-12-20-13-6-1-3-8-15(13)23/h1-4,6-9,12H,5,10-11H2,(H2,19,21,22,24). The summed E-state index contributed by atoms with van der Waals surface area (Å²) in [7, 11) is 0. The average molecular weight is 351 g/mol. The second kappa shape index (κ2) is 6.90. The molecule has 126 valence electrons. The maximum atomic E-state index is 12.0. The zero-order valence-corrected chi connectivity index (χ0v) is 14.3. The van der Waals surface area contributed by atoms with Gasteiger partial charge in [-0.15, -0.1) is 0 Å². The number of aryl methyl sites for hydroxylation is 1. The van der Waals surface area contributed by atoms with Crippen LogP contribution in [0.3, 0.4) is 0 Å². The highest BCUT2D eigenvalue weighted by Gasteiger charge is 2.07. The molecule has 6 nitrogen and oxygen atoms in total. The van der Waals surface area contributed by atoms with Crippen molar-refractivity contribution in [2.75, 3.05) is 11.9 Å². The van der Waals surface area contributed by atoms with Crippen LogP contribution in [-0.4, -0.2) is 27.1 Å². The molecule has 4 rings (SSSR count). The molecule has 0 aliphatic carbocycles. The van der Waals surface area contributed by atoms with Gasteiger partial charge < -0.3 is 9.88 Å². The number of benzene rings is 2. The molecule has 2 aromatic heterocycles. The number of aromatic nitrogens is 3. The SMILES string of the molecule is O=C(NCCCn1cnc2ccccc21)Nc1nc2ccccc2s1. The molecule has 0 spiro atoms. The molecule has 2 N–H and O–H groups in total. The highest BCUT2D eigenvalue weighted by atomic mass is 32.1. The van der Waals surface area contributed by atoms with Gasteiger partial charge in [-0.25, -0.2) is 14.8 Å². The smallest absolute Gasteiger partial charge is 0.321 e. The number of carbonyl (C=O) groups is 1. The van der Waals surface area contributed by atoms with Gasteiger partial charge in [0, 0.05) is 13.1 Å². The first-order valence-corrected chi connectivity index (χ1v) is 8.91. The fraction of sp³-hybridized carbons (Fsp3) is 0.167. The molecule has 2 aromatic carbocycles. The number of imidazole rings is 1. The fourth-order valence-electron chi connectivity index (χ4n) is 2.71. The zero-order chi connectivity index (χ0) is 17.1. The molecule has 0 saturated heterocycles. The lowest BCUT2D eigenvalue weighted by Crippen LogP contribution is -2.29. The minimum Gasteiger partial charge on any atom is -0.338 e. The molecule has 0 aliphatic rings. The molecule has 2 amide bonds. The number of rotatable bonds is 5. The maximum Gasteiger partial charge on any atom is 0.321 e. The number of hydrogen-bond acceptors (Lipinski definition) is 4. The van der Waals surface area contributed by atoms with E-state index in [0.717, 1.165) is 34.2 Å². The van der Waals surface area contributed by atoms with Crippen LogP contribution in [-0.2, 0) is 6.54 Å². The van der Waals surface area contributed by atoms with Crippen molar-refractivity contribution in [2.45, 2.75) is 13.0 Å². The Bertz CT molecular complexity index is 989. The summed E-state index contributed by atoms with van der Waals surface area (Å²) < 4.78 is 3.16. The minimum atomic E-state index is -0.227. The van der Waals surface area contributed by atoms with E-state index in [1.54, 1.807) is 0 Å². The molecular formula is C18H17N5OS. The molecule has 4 aromatic rings. The Morgan fingerprint density at radius 1 is 1.08 bits per heavy atom. The second-order valence-corrected chi connectivity index (χ2v) is 6.68. The number of nitrogens with zero attached hydrogens (tertiary/aromatic N) is 3. The van der Waals surface area contributed by atoms with E-state index in [4.69, 9.17) is 0 Å². The van der Waals surface area contributed by atoms with Crippen molar-refractivity contribution in [3.05, 3.63) is 54.9 Å². The van der Waals surface area contributed by atoms with Crippen molar-refractivity contribution in [3.63, 3.8) is 0 Å². The van der Waals surface area contributed by atoms with Gasteiger partial charge in [-0.3, -0.25) is 5.32 Å². The number of fused-ring (bicyclic) bond motifs is 2. The van der Waals surface area contributed by atoms with Crippen molar-refractivity contribution in [1.29, 1.82) is 0 Å². The van der Waals surface area contributed by atoms with Gasteiger partial charge in [-0.05, 0) is 30.7 Å². The van der Waals surface area contributed by atoms with Gasteiger partial charge in [0.1, 0.15) is 0 Å². The molecule has 2 heterocycles. The van der Waals surface area contributed by atoms with E-state index < -0.39 is 0 Å². The Labute approximate surface area is 148 Å². The van der Waals surface area contributed by atoms with E-state index in [1.807, 2.05) is 48.8 Å². The van der Waals surface area contributed by atoms with Gasteiger partial charge in [0.2, 0.25) is 0 Å². The Kier molecular flexibility index (Phi) is 4.30. The molecule has 0 fully saturated rings. The Balaban J connectivity index is 1.27. The van der Waals surface area contributed by atoms with Crippen LogP contribution in [0.25, 0.3) is 21.3 Å². The van der Waals surface area contributed by atoms with Gasteiger partial charge >= 0.3 is 6.03 Å². The highest BCUT2D eigenvalue weighted by molar-refractivity contribution is 7.22. The number of amides is 2. The lowest BCUT2D eigenvalue weighted by atomic mass is 10.3. The third-order valence-electron chi connectivity index (χ3n) is 3.90. The van der Waals surface area contributed by atoms with Crippen molar-refractivity contribution >= 4 is 43.7 Å². The van der Waals surface area contributed by atoms with Crippen LogP contribution in [0.1, 0.15) is 6.42 Å². The van der Waals surface area contributed by atoms with Crippen molar-refractivity contribution < 1.29 is 4.79 Å². The van der Waals surface area contributed by atoms with Crippen molar-refractivity contribution in [2.24, 2.45) is 0 Å². The van der Waals surface area contributed by atoms with E-state index in [1.165, 1.54) is 11.3 Å². The molecule has 0 radical (unpaired) electrons. The van der Waals surface area contributed by atoms with E-state index in [-0.39, 0.29) is 6.03 Å². The van der Waals surface area contributed by atoms with Gasteiger partial charge in [0.15, 0.2) is 5.13 Å². The topological polar surface area (TPSA) is 71.8 Å². The largest absolute Gasteiger partial charge is 0.338 e. The molecule has 0 bridgehead atoms. The van der Waals surface area contributed by atoms with E-state index in [0.29, 0.717) is 11.7 Å². The number of para-hydroxylation sites is 3. The van der Waals surface area contributed by atoms with Crippen LogP contribution in [0.15, 0.2) is 54.9 Å². The number of thiazole rings is 1. The summed E-state index contributed by atoms with van der Waals surface area (Å²) >= 11 is 1.47. The summed E-state index contributed by atoms with van der Waals surface area (Å²) in [5, 5.41) is 6.27. The van der Waals surface area contributed by atoms with Crippen molar-refractivity contribution in [1.82, 2.24) is 19.9 Å². The summed E-state index contributed by atoms with van der Waals surface area (Å²) in [5.74, 6) is 0. The predicted molar refractivity (Wildman–Crippen MR) is 101 cm³/mol. The molecule has 25 heavy (non-hydrogen) atoms. The summed E-state index contributed by atoms with van der Waals surface area (Å²) in [6.07, 6.45) is 2.67. The van der Waals surface area contributed by atoms with Crippen LogP contribution in [0.4, 0.5) is 9.93 Å². The third-order valence-corrected chi connectivity index (χ3v) is 4.85. The van der Waals surface area contributed by atoms with Gasteiger partial charge in [-0.2, -0.15) is 0 Å². The predicted octanol–water partition coefficient (Wildman–Crippen LogP) is 3.86. The monoisotopic (exact) mass is 351 g/mol. The van der Waals surface area contributed by atoms with Crippen LogP contribution >= 0.6 is 11.3 Å². The minimum absolute atomic E-state index is 0.227. The third kappa shape index (κ3) is 3.46. The Hall–Kier alpha value is -2.93. The van der Waals surface area contributed by atoms with E-state index in [2.05, 4.69) is 31.2 Å².